The van der Waals surface area contributed by atoms with Crippen molar-refractivity contribution in [1.82, 2.24) is 4.98 Å². The van der Waals surface area contributed by atoms with Gasteiger partial charge >= 0.3 is 0 Å². The second-order valence-corrected chi connectivity index (χ2v) is 9.38. The summed E-state index contributed by atoms with van der Waals surface area (Å²) < 4.78 is 5.37. The molecular weight excluding hydrogens is 447 g/mol. The fourth-order valence-electron chi connectivity index (χ4n) is 3.81. The molecule has 1 aromatic heterocycles. The maximum Gasteiger partial charge on any atom is 0.184 e. The topological polar surface area (TPSA) is 34.2 Å². The molecule has 1 aliphatic rings. The van der Waals surface area contributed by atoms with Crippen LogP contribution in [0.15, 0.2) is 36.4 Å². The lowest BCUT2D eigenvalue weighted by Crippen LogP contribution is -2.20. The molecule has 1 unspecified atom stereocenters. The van der Waals surface area contributed by atoms with E-state index in [1.165, 1.54) is 24.0 Å². The van der Waals surface area contributed by atoms with E-state index in [1.54, 1.807) is 18.4 Å². The molecule has 4 rings (SSSR count). The van der Waals surface area contributed by atoms with Crippen LogP contribution in [0.25, 0.3) is 11.3 Å². The highest BCUT2D eigenvalue weighted by atomic mass is 35.5. The highest BCUT2D eigenvalue weighted by molar-refractivity contribution is 7.16. The van der Waals surface area contributed by atoms with Crippen molar-refractivity contribution < 1.29 is 4.74 Å². The molecule has 6 heteroatoms. The smallest absolute Gasteiger partial charge is 0.184 e. The second kappa shape index (κ2) is 9.96. The van der Waals surface area contributed by atoms with Crippen LogP contribution >= 0.6 is 35.3 Å². The summed E-state index contributed by atoms with van der Waals surface area (Å²) in [5, 5.41) is 4.90. The van der Waals surface area contributed by atoms with Gasteiger partial charge < -0.3 is 10.1 Å². The summed E-state index contributed by atoms with van der Waals surface area (Å²) in [6, 6.07) is 12.4. The first-order valence-electron chi connectivity index (χ1n) is 10.1. The SMILES string of the molecule is C#CC(Cc1ccccc1C1CC1)Nc1nc(-c2cc(C)c(OC)cc2Cl)c(C)s1.Cl. The number of aryl methyl sites for hydroxylation is 2. The number of benzene rings is 2. The van der Waals surface area contributed by atoms with Crippen molar-refractivity contribution in [3.63, 3.8) is 0 Å². The first kappa shape index (κ1) is 23.5. The number of hydrogen-bond acceptors (Lipinski definition) is 4. The Labute approximate surface area is 199 Å². The molecule has 2 aromatic carbocycles. The highest BCUT2D eigenvalue weighted by Gasteiger charge is 2.26. The molecule has 0 amide bonds. The number of rotatable bonds is 7. The van der Waals surface area contributed by atoms with E-state index >= 15 is 0 Å². The number of nitrogens with zero attached hydrogens (tertiary/aromatic N) is 1. The Morgan fingerprint density at radius 3 is 2.71 bits per heavy atom. The molecule has 1 atom stereocenters. The van der Waals surface area contributed by atoms with Crippen molar-refractivity contribution in [1.29, 1.82) is 0 Å². The van der Waals surface area contributed by atoms with Crippen LogP contribution in [0, 0.1) is 26.2 Å². The molecule has 31 heavy (non-hydrogen) atoms. The van der Waals surface area contributed by atoms with Gasteiger partial charge in [-0.15, -0.1) is 30.2 Å². The van der Waals surface area contributed by atoms with Crippen LogP contribution < -0.4 is 10.1 Å². The normalized spacial score (nSPS) is 13.8. The number of ether oxygens (including phenoxy) is 1. The molecule has 0 spiro atoms. The van der Waals surface area contributed by atoms with Gasteiger partial charge in [-0.2, -0.15) is 0 Å². The number of nitrogens with one attached hydrogen (secondary N) is 1. The molecule has 1 heterocycles. The number of hydrogen-bond donors (Lipinski definition) is 1. The Morgan fingerprint density at radius 1 is 1.29 bits per heavy atom. The van der Waals surface area contributed by atoms with Gasteiger partial charge in [0.2, 0.25) is 0 Å². The number of anilines is 1. The average Bonchev–Trinajstić information content (AvgIpc) is 3.52. The van der Waals surface area contributed by atoms with Crippen molar-refractivity contribution in [2.24, 2.45) is 0 Å². The van der Waals surface area contributed by atoms with Crippen molar-refractivity contribution in [2.45, 2.75) is 45.1 Å². The van der Waals surface area contributed by atoms with Crippen molar-refractivity contribution in [3.8, 4) is 29.4 Å². The Hall–Kier alpha value is -2.19. The van der Waals surface area contributed by atoms with Crippen LogP contribution in [0.3, 0.4) is 0 Å². The predicted molar refractivity (Wildman–Crippen MR) is 134 cm³/mol. The fraction of sp³-hybridized carbons (Fsp3) is 0.320. The predicted octanol–water partition coefficient (Wildman–Crippen LogP) is 7.04. The number of halogens is 2. The molecule has 162 valence electrons. The number of terminal acetylenes is 1. The largest absolute Gasteiger partial charge is 0.496 e. The van der Waals surface area contributed by atoms with E-state index in [0.29, 0.717) is 10.9 Å². The fourth-order valence-corrected chi connectivity index (χ4v) is 4.93. The Bertz CT molecular complexity index is 1120. The van der Waals surface area contributed by atoms with Crippen molar-refractivity contribution in [3.05, 3.63) is 63.0 Å². The number of aromatic nitrogens is 1. The summed E-state index contributed by atoms with van der Waals surface area (Å²) in [5.74, 6) is 4.38. The summed E-state index contributed by atoms with van der Waals surface area (Å²) in [6.07, 6.45) is 9.22. The molecule has 1 saturated carbocycles. The van der Waals surface area contributed by atoms with Gasteiger partial charge in [0.15, 0.2) is 5.13 Å². The minimum Gasteiger partial charge on any atom is -0.496 e. The molecule has 3 nitrogen and oxygen atoms in total. The van der Waals surface area contributed by atoms with Gasteiger partial charge in [-0.05, 0) is 61.4 Å². The van der Waals surface area contributed by atoms with E-state index in [0.717, 1.165) is 39.0 Å². The molecule has 0 radical (unpaired) electrons. The van der Waals surface area contributed by atoms with Gasteiger partial charge in [0, 0.05) is 16.9 Å². The van der Waals surface area contributed by atoms with Crippen LogP contribution in [-0.2, 0) is 6.42 Å². The summed E-state index contributed by atoms with van der Waals surface area (Å²) in [6.45, 7) is 4.06. The summed E-state index contributed by atoms with van der Waals surface area (Å²) in [4.78, 5) is 5.92. The molecule has 0 saturated heterocycles. The third kappa shape index (κ3) is 5.18. The lowest BCUT2D eigenvalue weighted by molar-refractivity contribution is 0.412. The second-order valence-electron chi connectivity index (χ2n) is 7.77. The third-order valence-corrected chi connectivity index (χ3v) is 6.75. The first-order valence-corrected chi connectivity index (χ1v) is 11.3. The third-order valence-electron chi connectivity index (χ3n) is 5.53. The zero-order valence-corrected chi connectivity index (χ0v) is 20.3. The maximum absolute atomic E-state index is 6.52. The molecule has 1 aliphatic carbocycles. The van der Waals surface area contributed by atoms with Crippen LogP contribution in [0.4, 0.5) is 5.13 Å². The summed E-state index contributed by atoms with van der Waals surface area (Å²) in [5.41, 5.74) is 5.59. The minimum atomic E-state index is -0.114. The molecule has 1 N–H and O–H groups in total. The van der Waals surface area contributed by atoms with E-state index in [-0.39, 0.29) is 18.4 Å². The Kier molecular flexibility index (Phi) is 7.54. The van der Waals surface area contributed by atoms with Crippen LogP contribution in [0.1, 0.15) is 40.3 Å². The quantitative estimate of drug-likeness (QED) is 0.374. The van der Waals surface area contributed by atoms with E-state index in [4.69, 9.17) is 27.7 Å². The average molecular weight is 473 g/mol. The highest BCUT2D eigenvalue weighted by Crippen LogP contribution is 2.42. The van der Waals surface area contributed by atoms with Gasteiger partial charge in [0.25, 0.3) is 0 Å². The van der Waals surface area contributed by atoms with Gasteiger partial charge in [-0.1, -0.05) is 41.8 Å². The number of thiazole rings is 1. The lowest BCUT2D eigenvalue weighted by atomic mass is 9.97. The first-order chi connectivity index (χ1) is 14.5. The molecule has 1 fully saturated rings. The van der Waals surface area contributed by atoms with Crippen LogP contribution in [0.2, 0.25) is 5.02 Å². The molecule has 0 bridgehead atoms. The van der Waals surface area contributed by atoms with Crippen molar-refractivity contribution in [2.75, 3.05) is 12.4 Å². The van der Waals surface area contributed by atoms with Crippen LogP contribution in [-0.4, -0.2) is 18.1 Å². The van der Waals surface area contributed by atoms with E-state index in [2.05, 4.69) is 42.4 Å². The zero-order valence-electron chi connectivity index (χ0n) is 17.9. The Morgan fingerprint density at radius 2 is 2.03 bits per heavy atom. The Balaban J connectivity index is 0.00000272. The minimum absolute atomic E-state index is 0. The van der Waals surface area contributed by atoms with E-state index < -0.39 is 0 Å². The summed E-state index contributed by atoms with van der Waals surface area (Å²) >= 11 is 8.12. The molecule has 3 aromatic rings. The standard InChI is InChI=1S/C25H25ClN2OS.ClH/c1-5-19(13-18-8-6-7-9-20(18)17-10-11-17)27-25-28-24(16(3)30-25)21-12-15(2)23(29-4)14-22(21)26;/h1,6-9,12,14,17,19H,10-11,13H2,2-4H3,(H,27,28);1H. The maximum atomic E-state index is 6.52. The van der Waals surface area contributed by atoms with Crippen LogP contribution in [0.5, 0.6) is 5.75 Å². The monoisotopic (exact) mass is 472 g/mol. The zero-order chi connectivity index (χ0) is 21.3. The van der Waals surface area contributed by atoms with E-state index in [9.17, 15) is 0 Å². The van der Waals surface area contributed by atoms with Crippen molar-refractivity contribution >= 4 is 40.5 Å². The van der Waals surface area contributed by atoms with Gasteiger partial charge in [0.05, 0.1) is 23.9 Å². The van der Waals surface area contributed by atoms with Gasteiger partial charge in [-0.25, -0.2) is 4.98 Å². The lowest BCUT2D eigenvalue weighted by Gasteiger charge is -2.15. The van der Waals surface area contributed by atoms with Gasteiger partial charge in [-0.3, -0.25) is 0 Å². The van der Waals surface area contributed by atoms with Gasteiger partial charge in [0.1, 0.15) is 5.75 Å². The summed E-state index contributed by atoms with van der Waals surface area (Å²) in [7, 11) is 1.65. The molecule has 0 aliphatic heterocycles. The molecular formula is C25H26Cl2N2OS. The van der Waals surface area contributed by atoms with E-state index in [1.807, 2.05) is 19.1 Å². The number of methoxy groups -OCH3 is 1.